The van der Waals surface area contributed by atoms with Crippen LogP contribution in [0.1, 0.15) is 11.8 Å². The van der Waals surface area contributed by atoms with E-state index in [0.717, 1.165) is 37.0 Å². The molecule has 0 aliphatic carbocycles. The summed E-state index contributed by atoms with van der Waals surface area (Å²) in [6.07, 6.45) is 8.09. The van der Waals surface area contributed by atoms with Crippen molar-refractivity contribution in [3.05, 3.63) is 64.3 Å². The highest BCUT2D eigenvalue weighted by Crippen LogP contribution is 2.39. The molecule has 0 fully saturated rings. The standard InChI is InChI=1S/C19H14IN5O/c20-13-3-4-14-16(7-13)26-17(6-12-8-23-19(21)24-18(12)14)25-9-11-2-1-5-22-15(11)10-25/h1-5,7-10,17H,6H2,(H2,21,23,24). The van der Waals surface area contributed by atoms with Gasteiger partial charge in [-0.15, -0.1) is 0 Å². The van der Waals surface area contributed by atoms with Gasteiger partial charge in [-0.05, 0) is 52.9 Å². The lowest BCUT2D eigenvalue weighted by atomic mass is 10.1. The summed E-state index contributed by atoms with van der Waals surface area (Å²) in [6, 6.07) is 10.1. The first-order valence-electron chi connectivity index (χ1n) is 8.17. The number of halogens is 1. The van der Waals surface area contributed by atoms with Gasteiger partial charge in [0, 0.05) is 51.3 Å². The Morgan fingerprint density at radius 3 is 3.00 bits per heavy atom. The fraction of sp³-hybridized carbons (Fsp3) is 0.105. The van der Waals surface area contributed by atoms with Crippen LogP contribution in [-0.4, -0.2) is 19.5 Å². The van der Waals surface area contributed by atoms with Gasteiger partial charge in [0.2, 0.25) is 5.95 Å². The average Bonchev–Trinajstić information content (AvgIpc) is 3.00. The summed E-state index contributed by atoms with van der Waals surface area (Å²) in [6.45, 7) is 0. The summed E-state index contributed by atoms with van der Waals surface area (Å²) >= 11 is 2.28. The zero-order chi connectivity index (χ0) is 17.7. The summed E-state index contributed by atoms with van der Waals surface area (Å²) in [7, 11) is 0. The SMILES string of the molecule is Nc1ncc2c(n1)-c1ccc(I)cc1OC(n1cc3cccnc3c1)C2. The molecule has 0 spiro atoms. The second-order valence-corrected chi connectivity index (χ2v) is 7.45. The highest BCUT2D eigenvalue weighted by atomic mass is 127. The molecule has 1 aliphatic heterocycles. The third kappa shape index (κ3) is 2.59. The number of ether oxygens (including phenoxy) is 1. The first-order valence-corrected chi connectivity index (χ1v) is 9.25. The predicted molar refractivity (Wildman–Crippen MR) is 108 cm³/mol. The lowest BCUT2D eigenvalue weighted by Gasteiger charge is -2.19. The second-order valence-electron chi connectivity index (χ2n) is 6.20. The van der Waals surface area contributed by atoms with Crippen molar-refractivity contribution in [1.29, 1.82) is 0 Å². The summed E-state index contributed by atoms with van der Waals surface area (Å²) < 4.78 is 9.56. The van der Waals surface area contributed by atoms with Gasteiger partial charge in [-0.2, -0.15) is 0 Å². The average molecular weight is 455 g/mol. The number of pyridine rings is 1. The van der Waals surface area contributed by atoms with Gasteiger partial charge in [0.15, 0.2) is 6.23 Å². The van der Waals surface area contributed by atoms with Crippen molar-refractivity contribution in [2.45, 2.75) is 12.6 Å². The lowest BCUT2D eigenvalue weighted by molar-refractivity contribution is 0.136. The molecular formula is C19H14IN5O. The topological polar surface area (TPSA) is 78.9 Å². The Hall–Kier alpha value is -2.68. The molecular weight excluding hydrogens is 441 g/mol. The number of rotatable bonds is 1. The minimum atomic E-state index is -0.213. The monoisotopic (exact) mass is 455 g/mol. The Morgan fingerprint density at radius 1 is 1.19 bits per heavy atom. The van der Waals surface area contributed by atoms with E-state index in [1.807, 2.05) is 36.5 Å². The summed E-state index contributed by atoms with van der Waals surface area (Å²) in [5.41, 5.74) is 9.56. The molecule has 2 N–H and O–H groups in total. The van der Waals surface area contributed by atoms with Gasteiger partial charge >= 0.3 is 0 Å². The number of hydrogen-bond acceptors (Lipinski definition) is 5. The molecule has 0 bridgehead atoms. The van der Waals surface area contributed by atoms with Crippen LogP contribution in [0.25, 0.3) is 22.2 Å². The van der Waals surface area contributed by atoms with Crippen molar-refractivity contribution in [2.75, 3.05) is 5.73 Å². The number of aromatic nitrogens is 4. The molecule has 128 valence electrons. The molecule has 1 atom stereocenters. The van der Waals surface area contributed by atoms with Crippen molar-refractivity contribution in [1.82, 2.24) is 19.5 Å². The minimum absolute atomic E-state index is 0.213. The molecule has 4 heterocycles. The third-order valence-corrected chi connectivity index (χ3v) is 5.17. The number of nitrogens with zero attached hydrogens (tertiary/aromatic N) is 4. The van der Waals surface area contributed by atoms with E-state index in [-0.39, 0.29) is 12.2 Å². The Morgan fingerprint density at radius 2 is 2.12 bits per heavy atom. The molecule has 0 amide bonds. The fourth-order valence-corrected chi connectivity index (χ4v) is 3.75. The highest BCUT2D eigenvalue weighted by Gasteiger charge is 2.25. The number of fused-ring (bicyclic) bond motifs is 4. The van der Waals surface area contributed by atoms with Crippen LogP contribution in [-0.2, 0) is 6.42 Å². The van der Waals surface area contributed by atoms with Gasteiger partial charge in [0.1, 0.15) is 5.75 Å². The van der Waals surface area contributed by atoms with Crippen LogP contribution in [0.15, 0.2) is 55.1 Å². The van der Waals surface area contributed by atoms with E-state index in [2.05, 4.69) is 48.3 Å². The quantitative estimate of drug-likeness (QED) is 0.442. The van der Waals surface area contributed by atoms with E-state index in [0.29, 0.717) is 6.42 Å². The van der Waals surface area contributed by atoms with Crippen LogP contribution < -0.4 is 10.5 Å². The van der Waals surface area contributed by atoms with Crippen LogP contribution >= 0.6 is 22.6 Å². The molecule has 4 aromatic rings. The van der Waals surface area contributed by atoms with Crippen molar-refractivity contribution in [3.8, 4) is 17.0 Å². The maximum Gasteiger partial charge on any atom is 0.220 e. The van der Waals surface area contributed by atoms with Gasteiger partial charge in [-0.1, -0.05) is 0 Å². The summed E-state index contributed by atoms with van der Waals surface area (Å²) in [5, 5.41) is 1.08. The number of hydrogen-bond donors (Lipinski definition) is 1. The zero-order valence-electron chi connectivity index (χ0n) is 13.6. The third-order valence-electron chi connectivity index (χ3n) is 4.50. The second kappa shape index (κ2) is 5.94. The van der Waals surface area contributed by atoms with Gasteiger partial charge in [-0.25, -0.2) is 9.97 Å². The smallest absolute Gasteiger partial charge is 0.220 e. The van der Waals surface area contributed by atoms with Crippen molar-refractivity contribution < 1.29 is 4.74 Å². The normalized spacial score (nSPS) is 15.8. The number of nitrogen functional groups attached to an aromatic ring is 1. The molecule has 26 heavy (non-hydrogen) atoms. The predicted octanol–water partition coefficient (Wildman–Crippen LogP) is 3.81. The Balaban J connectivity index is 1.68. The van der Waals surface area contributed by atoms with Crippen molar-refractivity contribution in [3.63, 3.8) is 0 Å². The largest absolute Gasteiger partial charge is 0.469 e. The van der Waals surface area contributed by atoms with Gasteiger partial charge in [0.05, 0.1) is 11.2 Å². The lowest BCUT2D eigenvalue weighted by Crippen LogP contribution is -2.16. The molecule has 0 radical (unpaired) electrons. The molecule has 6 nitrogen and oxygen atoms in total. The van der Waals surface area contributed by atoms with Crippen LogP contribution in [0.5, 0.6) is 5.75 Å². The molecule has 7 heteroatoms. The van der Waals surface area contributed by atoms with E-state index in [9.17, 15) is 0 Å². The number of anilines is 1. The molecule has 3 aromatic heterocycles. The highest BCUT2D eigenvalue weighted by molar-refractivity contribution is 14.1. The van der Waals surface area contributed by atoms with Crippen molar-refractivity contribution in [2.24, 2.45) is 0 Å². The number of benzene rings is 1. The van der Waals surface area contributed by atoms with Crippen LogP contribution in [0.4, 0.5) is 5.95 Å². The first kappa shape index (κ1) is 15.6. The Bertz CT molecular complexity index is 1110. The molecule has 1 aromatic carbocycles. The maximum atomic E-state index is 6.40. The van der Waals surface area contributed by atoms with Crippen LogP contribution in [0, 0.1) is 3.57 Å². The van der Waals surface area contributed by atoms with Gasteiger partial charge < -0.3 is 15.0 Å². The maximum absolute atomic E-state index is 6.40. The van der Waals surface area contributed by atoms with E-state index in [4.69, 9.17) is 10.5 Å². The van der Waals surface area contributed by atoms with Crippen molar-refractivity contribution >= 4 is 39.4 Å². The van der Waals surface area contributed by atoms with Crippen LogP contribution in [0.2, 0.25) is 0 Å². The first-order chi connectivity index (χ1) is 12.7. The van der Waals surface area contributed by atoms with E-state index < -0.39 is 0 Å². The number of nitrogens with two attached hydrogens (primary N) is 1. The van der Waals surface area contributed by atoms with E-state index >= 15 is 0 Å². The summed E-state index contributed by atoms with van der Waals surface area (Å²) in [4.78, 5) is 13.1. The van der Waals surface area contributed by atoms with Gasteiger partial charge in [0.25, 0.3) is 0 Å². The van der Waals surface area contributed by atoms with Gasteiger partial charge in [-0.3, -0.25) is 4.98 Å². The van der Waals surface area contributed by atoms with E-state index in [1.54, 1.807) is 12.4 Å². The molecule has 0 saturated heterocycles. The Labute approximate surface area is 163 Å². The zero-order valence-corrected chi connectivity index (χ0v) is 15.8. The fourth-order valence-electron chi connectivity index (χ4n) is 3.29. The molecule has 1 aliphatic rings. The minimum Gasteiger partial charge on any atom is -0.469 e. The van der Waals surface area contributed by atoms with Crippen LogP contribution in [0.3, 0.4) is 0 Å². The summed E-state index contributed by atoms with van der Waals surface area (Å²) in [5.74, 6) is 1.06. The molecule has 0 saturated carbocycles. The Kier molecular flexibility index (Phi) is 3.56. The molecule has 1 unspecified atom stereocenters. The molecule has 5 rings (SSSR count). The van der Waals surface area contributed by atoms with E-state index in [1.165, 1.54) is 0 Å².